The maximum Gasteiger partial charge on any atom is 0.243 e. The highest BCUT2D eigenvalue weighted by Gasteiger charge is 2.26. The molecule has 1 fully saturated rings. The molecule has 1 heterocycles. The van der Waals surface area contributed by atoms with Gasteiger partial charge in [-0.2, -0.15) is 4.31 Å². The second-order valence-electron chi connectivity index (χ2n) is 6.28. The molecule has 2 aromatic carbocycles. The number of hydrogen-bond acceptors (Lipinski definition) is 5. The highest BCUT2D eigenvalue weighted by Crippen LogP contribution is 2.25. The number of carbonyl (C=O) groups excluding carboxylic acids is 1. The number of anilines is 1. The zero-order chi connectivity index (χ0) is 20.1. The van der Waals surface area contributed by atoms with E-state index in [0.29, 0.717) is 32.0 Å². The molecule has 0 aromatic heterocycles. The van der Waals surface area contributed by atoms with Gasteiger partial charge in [-0.25, -0.2) is 8.42 Å². The summed E-state index contributed by atoms with van der Waals surface area (Å²) in [6.45, 7) is 3.29. The van der Waals surface area contributed by atoms with Crippen molar-refractivity contribution in [2.24, 2.45) is 0 Å². The lowest BCUT2D eigenvalue weighted by Gasteiger charge is -2.26. The highest BCUT2D eigenvalue weighted by molar-refractivity contribution is 9.10. The quantitative estimate of drug-likeness (QED) is 0.634. The largest absolute Gasteiger partial charge is 0.379 e. The smallest absolute Gasteiger partial charge is 0.243 e. The molecule has 0 spiro atoms. The molecule has 9 heteroatoms. The molecule has 150 valence electrons. The van der Waals surface area contributed by atoms with Gasteiger partial charge in [-0.1, -0.05) is 22.0 Å². The molecular formula is C19H21BrN2O4S2. The van der Waals surface area contributed by atoms with E-state index in [1.807, 2.05) is 31.2 Å². The van der Waals surface area contributed by atoms with Crippen molar-refractivity contribution >= 4 is 49.3 Å². The number of aryl methyl sites for hydroxylation is 1. The summed E-state index contributed by atoms with van der Waals surface area (Å²) < 4.78 is 33.3. The number of nitrogens with zero attached hydrogens (tertiary/aromatic N) is 1. The summed E-state index contributed by atoms with van der Waals surface area (Å²) in [6.07, 6.45) is 0. The van der Waals surface area contributed by atoms with Gasteiger partial charge in [0, 0.05) is 28.1 Å². The van der Waals surface area contributed by atoms with Crippen LogP contribution in [0.1, 0.15) is 5.56 Å². The van der Waals surface area contributed by atoms with Crippen molar-refractivity contribution in [3.8, 4) is 0 Å². The van der Waals surface area contributed by atoms with Gasteiger partial charge in [0.1, 0.15) is 0 Å². The van der Waals surface area contributed by atoms with Crippen LogP contribution in [0.5, 0.6) is 0 Å². The number of rotatable bonds is 6. The Hall–Kier alpha value is -1.39. The Morgan fingerprint density at radius 3 is 2.54 bits per heavy atom. The van der Waals surface area contributed by atoms with E-state index in [9.17, 15) is 13.2 Å². The lowest BCUT2D eigenvalue weighted by atomic mass is 10.2. The topological polar surface area (TPSA) is 75.7 Å². The molecule has 0 radical (unpaired) electrons. The standard InChI is InChI=1S/C19H21BrN2O4S2/c1-14-2-7-17(28(24,25)22-8-10-26-11-9-22)12-18(14)21-19(23)13-27-16-5-3-15(20)4-6-16/h2-7,12H,8-11,13H2,1H3,(H,21,23). The van der Waals surface area contributed by atoms with Crippen molar-refractivity contribution in [2.45, 2.75) is 16.7 Å². The molecule has 0 saturated carbocycles. The SMILES string of the molecule is Cc1ccc(S(=O)(=O)N2CCOCC2)cc1NC(=O)CSc1ccc(Br)cc1. The van der Waals surface area contributed by atoms with E-state index in [1.165, 1.54) is 22.1 Å². The maximum absolute atomic E-state index is 12.8. The normalized spacial score (nSPS) is 15.4. The second kappa shape index (κ2) is 9.41. The van der Waals surface area contributed by atoms with Crippen LogP contribution in [0, 0.1) is 6.92 Å². The Morgan fingerprint density at radius 1 is 1.18 bits per heavy atom. The fourth-order valence-electron chi connectivity index (χ4n) is 2.70. The van der Waals surface area contributed by atoms with E-state index in [0.717, 1.165) is 14.9 Å². The Balaban J connectivity index is 1.68. The van der Waals surface area contributed by atoms with Crippen molar-refractivity contribution in [3.63, 3.8) is 0 Å². The molecule has 2 aromatic rings. The first kappa shape index (κ1) is 21.3. The van der Waals surface area contributed by atoms with Crippen molar-refractivity contribution in [1.82, 2.24) is 4.31 Å². The van der Waals surface area contributed by atoms with E-state index >= 15 is 0 Å². The summed E-state index contributed by atoms with van der Waals surface area (Å²) in [7, 11) is -3.60. The van der Waals surface area contributed by atoms with Crippen LogP contribution in [-0.4, -0.2) is 50.7 Å². The number of sulfonamides is 1. The lowest BCUT2D eigenvalue weighted by Crippen LogP contribution is -2.40. The minimum atomic E-state index is -3.60. The predicted octanol–water partition coefficient (Wildman–Crippen LogP) is 3.51. The minimum absolute atomic E-state index is 0.177. The Morgan fingerprint density at radius 2 is 1.86 bits per heavy atom. The third-order valence-electron chi connectivity index (χ3n) is 4.27. The van der Waals surface area contributed by atoms with Crippen LogP contribution in [0.2, 0.25) is 0 Å². The third-order valence-corrected chi connectivity index (χ3v) is 7.71. The van der Waals surface area contributed by atoms with Crippen LogP contribution in [0.3, 0.4) is 0 Å². The lowest BCUT2D eigenvalue weighted by molar-refractivity contribution is -0.113. The maximum atomic E-state index is 12.8. The van der Waals surface area contributed by atoms with E-state index in [4.69, 9.17) is 4.74 Å². The number of amides is 1. The van der Waals surface area contributed by atoms with Gasteiger partial charge in [-0.3, -0.25) is 4.79 Å². The van der Waals surface area contributed by atoms with Crippen molar-refractivity contribution < 1.29 is 17.9 Å². The summed E-state index contributed by atoms with van der Waals surface area (Å²) in [6, 6.07) is 12.5. The molecule has 3 rings (SSSR count). The summed E-state index contributed by atoms with van der Waals surface area (Å²) in [5.74, 6) is 0.0542. The molecular weight excluding hydrogens is 464 g/mol. The number of ether oxygens (including phenoxy) is 1. The fraction of sp³-hybridized carbons (Fsp3) is 0.316. The Bertz CT molecular complexity index is 943. The van der Waals surface area contributed by atoms with E-state index in [-0.39, 0.29) is 16.6 Å². The van der Waals surface area contributed by atoms with Crippen LogP contribution in [0.15, 0.2) is 56.7 Å². The average molecular weight is 485 g/mol. The molecule has 6 nitrogen and oxygen atoms in total. The van der Waals surface area contributed by atoms with E-state index < -0.39 is 10.0 Å². The van der Waals surface area contributed by atoms with Gasteiger partial charge in [-0.15, -0.1) is 11.8 Å². The molecule has 1 aliphatic rings. The molecule has 1 N–H and O–H groups in total. The number of nitrogens with one attached hydrogen (secondary N) is 1. The number of thioether (sulfide) groups is 1. The van der Waals surface area contributed by atoms with E-state index in [1.54, 1.807) is 12.1 Å². The number of carbonyl (C=O) groups is 1. The van der Waals surface area contributed by atoms with Crippen LogP contribution in [-0.2, 0) is 19.6 Å². The highest BCUT2D eigenvalue weighted by atomic mass is 79.9. The first-order chi connectivity index (χ1) is 13.4. The Kier molecular flexibility index (Phi) is 7.16. The molecule has 1 saturated heterocycles. The second-order valence-corrected chi connectivity index (χ2v) is 10.2. The number of morpholine rings is 1. The summed E-state index contributed by atoms with van der Waals surface area (Å²) in [5, 5.41) is 2.83. The van der Waals surface area contributed by atoms with E-state index in [2.05, 4.69) is 21.2 Å². The minimum Gasteiger partial charge on any atom is -0.379 e. The molecule has 0 atom stereocenters. The van der Waals surface area contributed by atoms with Crippen molar-refractivity contribution in [3.05, 3.63) is 52.5 Å². The third kappa shape index (κ3) is 5.36. The molecule has 0 aliphatic carbocycles. The molecule has 1 amide bonds. The van der Waals surface area contributed by atoms with Crippen LogP contribution in [0.25, 0.3) is 0 Å². The summed E-state index contributed by atoms with van der Waals surface area (Å²) in [4.78, 5) is 13.5. The summed E-state index contributed by atoms with van der Waals surface area (Å²) >= 11 is 4.80. The monoisotopic (exact) mass is 484 g/mol. The van der Waals surface area contributed by atoms with Crippen LogP contribution >= 0.6 is 27.7 Å². The van der Waals surface area contributed by atoms with Gasteiger partial charge in [0.2, 0.25) is 15.9 Å². The van der Waals surface area contributed by atoms with Crippen LogP contribution < -0.4 is 5.32 Å². The van der Waals surface area contributed by atoms with Gasteiger partial charge in [0.15, 0.2) is 0 Å². The van der Waals surface area contributed by atoms with Gasteiger partial charge >= 0.3 is 0 Å². The Labute approximate surface area is 177 Å². The van der Waals surface area contributed by atoms with Crippen molar-refractivity contribution in [2.75, 3.05) is 37.4 Å². The fourth-order valence-corrected chi connectivity index (χ4v) is 5.10. The molecule has 1 aliphatic heterocycles. The van der Waals surface area contributed by atoms with Gasteiger partial charge in [0.25, 0.3) is 0 Å². The molecule has 28 heavy (non-hydrogen) atoms. The zero-order valence-corrected chi connectivity index (χ0v) is 18.6. The van der Waals surface area contributed by atoms with Crippen molar-refractivity contribution in [1.29, 1.82) is 0 Å². The first-order valence-electron chi connectivity index (χ1n) is 8.73. The average Bonchev–Trinajstić information content (AvgIpc) is 2.70. The number of hydrogen-bond donors (Lipinski definition) is 1. The van der Waals surface area contributed by atoms with Crippen LogP contribution in [0.4, 0.5) is 5.69 Å². The number of halogens is 1. The summed E-state index contributed by atoms with van der Waals surface area (Å²) in [5.41, 5.74) is 1.32. The molecule has 0 unspecified atom stereocenters. The van der Waals surface area contributed by atoms with Gasteiger partial charge < -0.3 is 10.1 Å². The number of benzene rings is 2. The van der Waals surface area contributed by atoms with Gasteiger partial charge in [-0.05, 0) is 48.9 Å². The first-order valence-corrected chi connectivity index (χ1v) is 11.9. The molecule has 0 bridgehead atoms. The predicted molar refractivity (Wildman–Crippen MR) is 114 cm³/mol. The zero-order valence-electron chi connectivity index (χ0n) is 15.4. The van der Waals surface area contributed by atoms with Gasteiger partial charge in [0.05, 0.1) is 23.9 Å².